The number of halogens is 1. The fraction of sp³-hybridized carbons (Fsp3) is 0.125. The SMILES string of the molecule is Cc1ccc2nc(-c3cccc(NC(=O)CCC(=O)c4ccc(Cl)cc4)c3)cn2c1. The Bertz CT molecular complexity index is 1230. The lowest BCUT2D eigenvalue weighted by Crippen LogP contribution is -2.13. The van der Waals surface area contributed by atoms with Crippen LogP contribution in [0.3, 0.4) is 0 Å². The lowest BCUT2D eigenvalue weighted by molar-refractivity contribution is -0.116. The molecule has 2 aromatic carbocycles. The number of Topliss-reactive ketones (excluding diaryl/α,β-unsaturated/α-hetero) is 1. The van der Waals surface area contributed by atoms with Gasteiger partial charge in [-0.25, -0.2) is 4.98 Å². The quantitative estimate of drug-likeness (QED) is 0.417. The second kappa shape index (κ2) is 8.51. The van der Waals surface area contributed by atoms with Gasteiger partial charge in [0.2, 0.25) is 5.91 Å². The van der Waals surface area contributed by atoms with Crippen molar-refractivity contribution in [1.29, 1.82) is 0 Å². The number of carbonyl (C=O) groups is 2. The fourth-order valence-corrected chi connectivity index (χ4v) is 3.36. The molecule has 0 unspecified atom stereocenters. The van der Waals surface area contributed by atoms with Crippen molar-refractivity contribution >= 4 is 34.6 Å². The maximum atomic E-state index is 12.3. The summed E-state index contributed by atoms with van der Waals surface area (Å²) in [5, 5.41) is 3.44. The Morgan fingerprint density at radius 3 is 2.60 bits per heavy atom. The Balaban J connectivity index is 1.41. The van der Waals surface area contributed by atoms with Crippen LogP contribution in [0.25, 0.3) is 16.9 Å². The summed E-state index contributed by atoms with van der Waals surface area (Å²) >= 11 is 5.84. The molecule has 0 saturated carbocycles. The molecule has 2 heterocycles. The van der Waals surface area contributed by atoms with Crippen LogP contribution < -0.4 is 5.32 Å². The van der Waals surface area contributed by atoms with Gasteiger partial charge in [0.05, 0.1) is 5.69 Å². The predicted octanol–water partition coefficient (Wildman–Crippen LogP) is 5.56. The van der Waals surface area contributed by atoms with E-state index < -0.39 is 0 Å². The third-order valence-corrected chi connectivity index (χ3v) is 5.04. The zero-order chi connectivity index (χ0) is 21.1. The molecule has 0 fully saturated rings. The van der Waals surface area contributed by atoms with Crippen LogP contribution in [0.1, 0.15) is 28.8 Å². The molecule has 0 saturated heterocycles. The number of fused-ring (bicyclic) bond motifs is 1. The normalized spacial score (nSPS) is 10.9. The van der Waals surface area contributed by atoms with Crippen LogP contribution in [0.5, 0.6) is 0 Å². The second-order valence-electron chi connectivity index (χ2n) is 7.16. The lowest BCUT2D eigenvalue weighted by atomic mass is 10.1. The molecule has 0 aliphatic rings. The number of benzene rings is 2. The van der Waals surface area contributed by atoms with Crippen molar-refractivity contribution in [3.8, 4) is 11.3 Å². The highest BCUT2D eigenvalue weighted by molar-refractivity contribution is 6.30. The standard InChI is InChI=1S/C24H20ClN3O2/c1-16-5-11-23-27-21(15-28(23)14-16)18-3-2-4-20(13-18)26-24(30)12-10-22(29)17-6-8-19(25)9-7-17/h2-9,11,13-15H,10,12H2,1H3,(H,26,30). The zero-order valence-electron chi connectivity index (χ0n) is 16.4. The molecule has 1 amide bonds. The molecule has 30 heavy (non-hydrogen) atoms. The molecule has 5 nitrogen and oxygen atoms in total. The number of hydrogen-bond acceptors (Lipinski definition) is 3. The van der Waals surface area contributed by atoms with Crippen molar-refractivity contribution in [2.24, 2.45) is 0 Å². The van der Waals surface area contributed by atoms with Gasteiger partial charge in [-0.3, -0.25) is 9.59 Å². The Morgan fingerprint density at radius 2 is 1.80 bits per heavy atom. The van der Waals surface area contributed by atoms with Crippen LogP contribution in [0.4, 0.5) is 5.69 Å². The van der Waals surface area contributed by atoms with Gasteiger partial charge in [-0.2, -0.15) is 0 Å². The number of anilines is 1. The number of nitrogens with zero attached hydrogens (tertiary/aromatic N) is 2. The average Bonchev–Trinajstić information content (AvgIpc) is 3.16. The van der Waals surface area contributed by atoms with Crippen LogP contribution in [0, 0.1) is 6.92 Å². The third-order valence-electron chi connectivity index (χ3n) is 4.79. The number of aryl methyl sites for hydroxylation is 1. The molecule has 0 atom stereocenters. The molecule has 2 aromatic heterocycles. The van der Waals surface area contributed by atoms with Crippen LogP contribution in [0.15, 0.2) is 73.1 Å². The summed E-state index contributed by atoms with van der Waals surface area (Å²) in [5.74, 6) is -0.296. The molecule has 0 spiro atoms. The van der Waals surface area contributed by atoms with E-state index in [9.17, 15) is 9.59 Å². The minimum absolute atomic E-state index is 0.0874. The van der Waals surface area contributed by atoms with Crippen molar-refractivity contribution in [2.45, 2.75) is 19.8 Å². The van der Waals surface area contributed by atoms with E-state index in [1.54, 1.807) is 24.3 Å². The molecule has 150 valence electrons. The van der Waals surface area contributed by atoms with Crippen molar-refractivity contribution in [1.82, 2.24) is 9.38 Å². The fourth-order valence-electron chi connectivity index (χ4n) is 3.23. The molecule has 0 aliphatic carbocycles. The molecule has 4 aromatic rings. The summed E-state index contributed by atoms with van der Waals surface area (Å²) in [4.78, 5) is 29.2. The Kier molecular flexibility index (Phi) is 5.63. The van der Waals surface area contributed by atoms with Crippen LogP contribution in [0.2, 0.25) is 5.02 Å². The number of rotatable bonds is 6. The van der Waals surface area contributed by atoms with E-state index >= 15 is 0 Å². The number of aromatic nitrogens is 2. The van der Waals surface area contributed by atoms with Crippen molar-refractivity contribution in [3.05, 3.63) is 89.2 Å². The van der Waals surface area contributed by atoms with E-state index in [0.29, 0.717) is 16.3 Å². The Morgan fingerprint density at radius 1 is 1.00 bits per heavy atom. The van der Waals surface area contributed by atoms with Gasteiger partial charge >= 0.3 is 0 Å². The number of hydrogen-bond donors (Lipinski definition) is 1. The number of amides is 1. The molecule has 0 radical (unpaired) electrons. The van der Waals surface area contributed by atoms with E-state index in [0.717, 1.165) is 22.5 Å². The first kappa shape index (κ1) is 19.9. The minimum atomic E-state index is -0.208. The van der Waals surface area contributed by atoms with Gasteiger partial charge in [0.1, 0.15) is 5.65 Å². The number of imidazole rings is 1. The van der Waals surface area contributed by atoms with Gasteiger partial charge in [-0.1, -0.05) is 29.8 Å². The summed E-state index contributed by atoms with van der Waals surface area (Å²) < 4.78 is 1.98. The third kappa shape index (κ3) is 4.58. The average molecular weight is 418 g/mol. The largest absolute Gasteiger partial charge is 0.326 e. The Labute approximate surface area is 179 Å². The van der Waals surface area contributed by atoms with Crippen molar-refractivity contribution in [2.75, 3.05) is 5.32 Å². The van der Waals surface area contributed by atoms with Gasteiger partial charge < -0.3 is 9.72 Å². The first-order valence-electron chi connectivity index (χ1n) is 9.62. The second-order valence-corrected chi connectivity index (χ2v) is 7.59. The highest BCUT2D eigenvalue weighted by Gasteiger charge is 2.11. The zero-order valence-corrected chi connectivity index (χ0v) is 17.2. The summed E-state index contributed by atoms with van der Waals surface area (Å²) in [7, 11) is 0. The van der Waals surface area contributed by atoms with Gasteiger partial charge in [0.25, 0.3) is 0 Å². The van der Waals surface area contributed by atoms with Crippen molar-refractivity contribution in [3.63, 3.8) is 0 Å². The summed E-state index contributed by atoms with van der Waals surface area (Å²) in [6, 6.07) is 18.2. The molecule has 4 rings (SSSR count). The molecule has 0 bridgehead atoms. The van der Waals surface area contributed by atoms with E-state index in [-0.39, 0.29) is 24.5 Å². The maximum absolute atomic E-state index is 12.3. The van der Waals surface area contributed by atoms with Crippen LogP contribution in [-0.2, 0) is 4.79 Å². The summed E-state index contributed by atoms with van der Waals surface area (Å²) in [6.45, 7) is 2.03. The highest BCUT2D eigenvalue weighted by atomic mass is 35.5. The number of ketones is 1. The lowest BCUT2D eigenvalue weighted by Gasteiger charge is -2.07. The van der Waals surface area contributed by atoms with Gasteiger partial charge in [0, 0.05) is 47.1 Å². The molecule has 0 aliphatic heterocycles. The first-order valence-corrected chi connectivity index (χ1v) is 10.0. The van der Waals surface area contributed by atoms with Crippen molar-refractivity contribution < 1.29 is 9.59 Å². The molecular formula is C24H20ClN3O2. The summed E-state index contributed by atoms with van der Waals surface area (Å²) in [5.41, 5.74) is 4.98. The number of pyridine rings is 1. The van der Waals surface area contributed by atoms with Crippen LogP contribution in [-0.4, -0.2) is 21.1 Å². The monoisotopic (exact) mass is 417 g/mol. The Hall–Kier alpha value is -3.44. The maximum Gasteiger partial charge on any atom is 0.224 e. The van der Waals surface area contributed by atoms with E-state index in [2.05, 4.69) is 10.3 Å². The minimum Gasteiger partial charge on any atom is -0.326 e. The molecule has 6 heteroatoms. The van der Waals surface area contributed by atoms with Gasteiger partial charge in [-0.15, -0.1) is 0 Å². The van der Waals surface area contributed by atoms with E-state index in [1.807, 2.05) is 60.1 Å². The molecule has 1 N–H and O–H groups in total. The van der Waals surface area contributed by atoms with E-state index in [1.165, 1.54) is 0 Å². The number of carbonyl (C=O) groups excluding carboxylic acids is 2. The first-order chi connectivity index (χ1) is 14.5. The number of nitrogens with one attached hydrogen (secondary N) is 1. The topological polar surface area (TPSA) is 63.5 Å². The highest BCUT2D eigenvalue weighted by Crippen LogP contribution is 2.23. The smallest absolute Gasteiger partial charge is 0.224 e. The van der Waals surface area contributed by atoms with Crippen LogP contribution >= 0.6 is 11.6 Å². The van der Waals surface area contributed by atoms with Gasteiger partial charge in [-0.05, 0) is 55.0 Å². The summed E-state index contributed by atoms with van der Waals surface area (Å²) in [6.07, 6.45) is 4.24. The van der Waals surface area contributed by atoms with E-state index in [4.69, 9.17) is 11.6 Å². The predicted molar refractivity (Wildman–Crippen MR) is 119 cm³/mol. The molecular weight excluding hydrogens is 398 g/mol. The van der Waals surface area contributed by atoms with Gasteiger partial charge in [0.15, 0.2) is 5.78 Å².